The predicted molar refractivity (Wildman–Crippen MR) is 177 cm³/mol. The molecule has 278 valence electrons. The van der Waals surface area contributed by atoms with Crippen LogP contribution in [0.1, 0.15) is 49.9 Å². The van der Waals surface area contributed by atoms with Gasteiger partial charge in [-0.15, -0.1) is 0 Å². The van der Waals surface area contributed by atoms with E-state index < -0.39 is 77.6 Å². The van der Waals surface area contributed by atoms with Crippen LogP contribution in [0, 0.1) is 17.0 Å². The van der Waals surface area contributed by atoms with E-state index in [2.05, 4.69) is 41.7 Å². The third-order valence-corrected chi connectivity index (χ3v) is 8.08. The molecule has 18 heteroatoms. The normalized spacial score (nSPS) is 14.2. The number of amides is 3. The van der Waals surface area contributed by atoms with E-state index in [0.717, 1.165) is 28.4 Å². The Balaban J connectivity index is 1.88. The van der Waals surface area contributed by atoms with E-state index in [1.807, 2.05) is 12.1 Å². The summed E-state index contributed by atoms with van der Waals surface area (Å²) in [4.78, 5) is 49.3. The number of aromatic nitrogens is 2. The van der Waals surface area contributed by atoms with Crippen LogP contribution in [-0.4, -0.2) is 81.5 Å². The average Bonchev–Trinajstić information content (AvgIpc) is 3.45. The highest BCUT2D eigenvalue weighted by Crippen LogP contribution is 2.40. The summed E-state index contributed by atoms with van der Waals surface area (Å²) in [6.07, 6.45) is -6.56. The standard InChI is InChI=1S/C33H38BrF5N6O6/c1-31(2,3)25(26-20(15-19-7-5-4-6-8-19)18-45(44-26)23-16-21(35)9-10-22(23)36)27(47)28(48)42-12-11-32(40,51-30(50)33(37,38)39)29(49)43-14-13-41-24(46)17-34/h4-10,16,18,25,27,47H,11-15,17,40H2,1-3H3,(H,41,46)(H,42,48)(H,43,49)/t25-,27+,32+/m1/s1. The summed E-state index contributed by atoms with van der Waals surface area (Å²) in [6.45, 7) is 4.03. The molecule has 12 nitrogen and oxygen atoms in total. The highest BCUT2D eigenvalue weighted by Gasteiger charge is 2.48. The van der Waals surface area contributed by atoms with Crippen LogP contribution in [0.15, 0.2) is 54.7 Å². The fourth-order valence-electron chi connectivity index (χ4n) is 5.09. The Morgan fingerprint density at radius 1 is 0.980 bits per heavy atom. The Bertz CT molecular complexity index is 1700. The van der Waals surface area contributed by atoms with Crippen LogP contribution in [0.3, 0.4) is 0 Å². The molecule has 0 spiro atoms. The number of rotatable bonds is 15. The summed E-state index contributed by atoms with van der Waals surface area (Å²) in [7, 11) is 0. The first kappa shape index (κ1) is 41.0. The maximum absolute atomic E-state index is 14.8. The first-order chi connectivity index (χ1) is 23.8. The van der Waals surface area contributed by atoms with Gasteiger partial charge in [-0.05, 0) is 28.7 Å². The molecule has 0 fully saturated rings. The molecule has 2 aromatic carbocycles. The number of aliphatic hydroxyl groups excluding tert-OH is 1. The summed E-state index contributed by atoms with van der Waals surface area (Å²) < 4.78 is 73.6. The molecule has 3 atom stereocenters. The number of nitrogens with two attached hydrogens (primary N) is 1. The largest absolute Gasteiger partial charge is 0.491 e. The number of alkyl halides is 4. The minimum absolute atomic E-state index is 0.0472. The number of nitrogens with one attached hydrogen (secondary N) is 3. The van der Waals surface area contributed by atoms with Gasteiger partial charge in [-0.2, -0.15) is 18.3 Å². The average molecular weight is 790 g/mol. The van der Waals surface area contributed by atoms with E-state index in [4.69, 9.17) is 5.73 Å². The third-order valence-electron chi connectivity index (χ3n) is 7.57. The molecular weight excluding hydrogens is 751 g/mol. The molecule has 0 unspecified atom stereocenters. The number of aliphatic hydroxyl groups is 1. The molecule has 1 heterocycles. The van der Waals surface area contributed by atoms with E-state index in [-0.39, 0.29) is 36.2 Å². The maximum Gasteiger partial charge on any atom is 0.491 e. The fourth-order valence-corrected chi connectivity index (χ4v) is 5.29. The zero-order valence-electron chi connectivity index (χ0n) is 27.8. The second-order valence-corrected chi connectivity index (χ2v) is 13.1. The van der Waals surface area contributed by atoms with E-state index in [1.54, 1.807) is 39.0 Å². The van der Waals surface area contributed by atoms with Crippen molar-refractivity contribution in [3.05, 3.63) is 83.2 Å². The second kappa shape index (κ2) is 17.2. The molecule has 0 saturated carbocycles. The van der Waals surface area contributed by atoms with Crippen molar-refractivity contribution in [1.29, 1.82) is 0 Å². The molecule has 1 aromatic heterocycles. The molecule has 0 saturated heterocycles. The quantitative estimate of drug-likeness (QED) is 0.0513. The molecule has 3 rings (SSSR count). The van der Waals surface area contributed by atoms with E-state index in [9.17, 15) is 46.2 Å². The van der Waals surface area contributed by atoms with Gasteiger partial charge in [0.05, 0.1) is 11.0 Å². The molecule has 51 heavy (non-hydrogen) atoms. The van der Waals surface area contributed by atoms with E-state index >= 15 is 0 Å². The number of ether oxygens (including phenoxy) is 1. The highest BCUT2D eigenvalue weighted by atomic mass is 79.9. The maximum atomic E-state index is 14.8. The van der Waals surface area contributed by atoms with Crippen molar-refractivity contribution in [3.63, 3.8) is 0 Å². The van der Waals surface area contributed by atoms with Crippen molar-refractivity contribution >= 4 is 39.6 Å². The van der Waals surface area contributed by atoms with Gasteiger partial charge in [0.2, 0.25) is 17.5 Å². The fraction of sp³-hybridized carbons (Fsp3) is 0.424. The van der Waals surface area contributed by atoms with Gasteiger partial charge in [0.25, 0.3) is 5.91 Å². The Morgan fingerprint density at radius 2 is 1.63 bits per heavy atom. The van der Waals surface area contributed by atoms with Gasteiger partial charge in [-0.3, -0.25) is 20.1 Å². The van der Waals surface area contributed by atoms with Gasteiger partial charge in [0, 0.05) is 50.7 Å². The van der Waals surface area contributed by atoms with Crippen molar-refractivity contribution in [2.45, 2.75) is 57.5 Å². The van der Waals surface area contributed by atoms with Crippen LogP contribution in [-0.2, 0) is 30.3 Å². The molecule has 3 amide bonds. The number of halogens is 6. The SMILES string of the molecule is CC(C)(C)[C@H](c1nn(-c2cc(F)ccc2F)cc1Cc1ccccc1)[C@H](O)C(=O)NCC[C@](N)(OC(=O)C(F)(F)F)C(=O)NCCNC(=O)CBr. The lowest BCUT2D eigenvalue weighted by Crippen LogP contribution is -2.60. The lowest BCUT2D eigenvalue weighted by molar-refractivity contribution is -0.214. The minimum atomic E-state index is -5.51. The Morgan fingerprint density at radius 3 is 2.24 bits per heavy atom. The zero-order chi connectivity index (χ0) is 38.1. The number of carbonyl (C=O) groups excluding carboxylic acids is 4. The Hall–Kier alpha value is -4.42. The van der Waals surface area contributed by atoms with Gasteiger partial charge in [-0.25, -0.2) is 18.3 Å². The van der Waals surface area contributed by atoms with Crippen molar-refractivity contribution in [2.75, 3.05) is 25.0 Å². The van der Waals surface area contributed by atoms with Crippen LogP contribution >= 0.6 is 15.9 Å². The van der Waals surface area contributed by atoms with Crippen LogP contribution in [0.25, 0.3) is 5.69 Å². The van der Waals surface area contributed by atoms with Crippen molar-refractivity contribution in [1.82, 2.24) is 25.7 Å². The first-order valence-corrected chi connectivity index (χ1v) is 16.6. The van der Waals surface area contributed by atoms with Crippen LogP contribution in [0.5, 0.6) is 0 Å². The summed E-state index contributed by atoms with van der Waals surface area (Å²) in [5, 5.41) is 22.8. The summed E-state index contributed by atoms with van der Waals surface area (Å²) in [5.41, 5.74) is 3.23. The monoisotopic (exact) mass is 788 g/mol. The smallest absolute Gasteiger partial charge is 0.428 e. The Labute approximate surface area is 298 Å². The third kappa shape index (κ3) is 11.3. The molecule has 0 aliphatic carbocycles. The number of benzene rings is 2. The van der Waals surface area contributed by atoms with Gasteiger partial charge >= 0.3 is 12.1 Å². The van der Waals surface area contributed by atoms with Gasteiger partial charge in [0.15, 0.2) is 0 Å². The molecule has 0 bridgehead atoms. The van der Waals surface area contributed by atoms with Crippen molar-refractivity contribution < 1.29 is 51.0 Å². The van der Waals surface area contributed by atoms with Gasteiger partial charge in [-0.1, -0.05) is 67.0 Å². The molecule has 6 N–H and O–H groups in total. The van der Waals surface area contributed by atoms with E-state index in [0.29, 0.717) is 5.56 Å². The lowest BCUT2D eigenvalue weighted by Gasteiger charge is -2.34. The number of hydrogen-bond donors (Lipinski definition) is 5. The van der Waals surface area contributed by atoms with E-state index in [1.165, 1.54) is 6.20 Å². The molecular formula is C33H38BrF5N6O6. The second-order valence-electron chi connectivity index (χ2n) is 12.6. The summed E-state index contributed by atoms with van der Waals surface area (Å²) >= 11 is 2.92. The lowest BCUT2D eigenvalue weighted by atomic mass is 9.73. The minimum Gasteiger partial charge on any atom is -0.428 e. The highest BCUT2D eigenvalue weighted by molar-refractivity contribution is 9.09. The molecule has 3 aromatic rings. The van der Waals surface area contributed by atoms with Crippen molar-refractivity contribution in [2.24, 2.45) is 11.1 Å². The molecule has 0 aliphatic heterocycles. The van der Waals surface area contributed by atoms with Crippen LogP contribution < -0.4 is 21.7 Å². The number of carbonyl (C=O) groups is 4. The first-order valence-electron chi connectivity index (χ1n) is 15.5. The number of nitrogens with zero attached hydrogens (tertiary/aromatic N) is 2. The van der Waals surface area contributed by atoms with Crippen LogP contribution in [0.4, 0.5) is 22.0 Å². The summed E-state index contributed by atoms with van der Waals surface area (Å²) in [5.74, 6) is -8.22. The van der Waals surface area contributed by atoms with Gasteiger partial charge < -0.3 is 25.8 Å². The molecule has 0 radical (unpaired) electrons. The van der Waals surface area contributed by atoms with Gasteiger partial charge in [0.1, 0.15) is 23.4 Å². The van der Waals surface area contributed by atoms with Crippen LogP contribution in [0.2, 0.25) is 0 Å². The molecule has 0 aliphatic rings. The number of hydrogen-bond acceptors (Lipinski definition) is 8. The van der Waals surface area contributed by atoms with Crippen molar-refractivity contribution in [3.8, 4) is 5.69 Å². The zero-order valence-corrected chi connectivity index (χ0v) is 29.4. The topological polar surface area (TPSA) is 178 Å². The number of esters is 1. The Kier molecular flexibility index (Phi) is 13.8. The predicted octanol–water partition coefficient (Wildman–Crippen LogP) is 3.13. The summed E-state index contributed by atoms with van der Waals surface area (Å²) in [6, 6.07) is 11.8.